The van der Waals surface area contributed by atoms with Crippen molar-refractivity contribution in [1.82, 2.24) is 4.90 Å². The maximum atomic E-state index is 11.5. The number of nitrogens with two attached hydrogens (primary N) is 1. The van der Waals surface area contributed by atoms with Crippen molar-refractivity contribution in [3.8, 4) is 0 Å². The highest BCUT2D eigenvalue weighted by Gasteiger charge is 2.27. The molecular formula is C9H18N2O2. The molecule has 0 aromatic carbocycles. The van der Waals surface area contributed by atoms with E-state index in [9.17, 15) is 4.79 Å². The van der Waals surface area contributed by atoms with Gasteiger partial charge in [-0.25, -0.2) is 0 Å². The van der Waals surface area contributed by atoms with Crippen molar-refractivity contribution in [3.63, 3.8) is 0 Å². The van der Waals surface area contributed by atoms with Gasteiger partial charge in [-0.2, -0.15) is 0 Å². The van der Waals surface area contributed by atoms with Gasteiger partial charge in [0, 0.05) is 13.0 Å². The van der Waals surface area contributed by atoms with Crippen molar-refractivity contribution in [3.05, 3.63) is 0 Å². The molecule has 76 valence electrons. The smallest absolute Gasteiger partial charge is 0.222 e. The summed E-state index contributed by atoms with van der Waals surface area (Å²) in [7, 11) is 0. The van der Waals surface area contributed by atoms with Crippen LogP contribution in [-0.4, -0.2) is 41.7 Å². The van der Waals surface area contributed by atoms with Gasteiger partial charge in [-0.05, 0) is 25.8 Å². The van der Waals surface area contributed by atoms with E-state index in [-0.39, 0.29) is 18.6 Å². The van der Waals surface area contributed by atoms with E-state index in [0.29, 0.717) is 13.0 Å². The molecule has 1 atom stereocenters. The molecule has 1 aliphatic rings. The third kappa shape index (κ3) is 2.67. The number of nitrogens with zero attached hydrogens (tertiary/aromatic N) is 1. The summed E-state index contributed by atoms with van der Waals surface area (Å²) in [4.78, 5) is 13.3. The van der Waals surface area contributed by atoms with Gasteiger partial charge in [-0.1, -0.05) is 0 Å². The first-order chi connectivity index (χ1) is 6.29. The van der Waals surface area contributed by atoms with Gasteiger partial charge in [0.25, 0.3) is 0 Å². The maximum Gasteiger partial charge on any atom is 0.222 e. The predicted octanol–water partition coefficient (Wildman–Crippen LogP) is -0.291. The van der Waals surface area contributed by atoms with Gasteiger partial charge >= 0.3 is 0 Å². The Labute approximate surface area is 78.7 Å². The molecule has 1 aliphatic heterocycles. The summed E-state index contributed by atoms with van der Waals surface area (Å²) in [6, 6.07) is 0.0604. The number of likely N-dealkylation sites (tertiary alicyclic amines) is 1. The molecule has 0 radical (unpaired) electrons. The fourth-order valence-electron chi connectivity index (χ4n) is 1.75. The standard InChI is InChI=1S/C9H18N2O2/c10-5-1-4-9(13)11-6-2-3-8(11)7-12/h8,12H,1-7,10H2/t8-/m0/s1. The lowest BCUT2D eigenvalue weighted by Gasteiger charge is -2.22. The zero-order valence-corrected chi connectivity index (χ0v) is 7.91. The van der Waals surface area contributed by atoms with Gasteiger partial charge in [0.2, 0.25) is 5.91 Å². The van der Waals surface area contributed by atoms with Crippen LogP contribution in [0.3, 0.4) is 0 Å². The molecule has 0 aromatic heterocycles. The lowest BCUT2D eigenvalue weighted by atomic mass is 10.2. The van der Waals surface area contributed by atoms with Crippen LogP contribution in [-0.2, 0) is 4.79 Å². The van der Waals surface area contributed by atoms with Crippen molar-refractivity contribution in [2.75, 3.05) is 19.7 Å². The first kappa shape index (κ1) is 10.5. The first-order valence-electron chi connectivity index (χ1n) is 4.90. The van der Waals surface area contributed by atoms with Crippen LogP contribution in [0.5, 0.6) is 0 Å². The summed E-state index contributed by atoms with van der Waals surface area (Å²) in [5, 5.41) is 8.99. The fourth-order valence-corrected chi connectivity index (χ4v) is 1.75. The topological polar surface area (TPSA) is 66.6 Å². The Morgan fingerprint density at radius 2 is 2.38 bits per heavy atom. The summed E-state index contributed by atoms with van der Waals surface area (Å²) in [5.74, 6) is 0.141. The number of hydrogen-bond donors (Lipinski definition) is 2. The highest BCUT2D eigenvalue weighted by Crippen LogP contribution is 2.17. The fraction of sp³-hybridized carbons (Fsp3) is 0.889. The Hall–Kier alpha value is -0.610. The molecule has 0 bridgehead atoms. The number of rotatable bonds is 4. The SMILES string of the molecule is NCCCC(=O)N1CCC[C@H]1CO. The van der Waals surface area contributed by atoms with Crippen LogP contribution in [0.25, 0.3) is 0 Å². The minimum Gasteiger partial charge on any atom is -0.394 e. The molecule has 1 rings (SSSR count). The molecule has 0 aliphatic carbocycles. The van der Waals surface area contributed by atoms with Crippen molar-refractivity contribution in [1.29, 1.82) is 0 Å². The molecule has 1 saturated heterocycles. The van der Waals surface area contributed by atoms with Crippen LogP contribution < -0.4 is 5.73 Å². The van der Waals surface area contributed by atoms with Crippen LogP contribution in [0, 0.1) is 0 Å². The van der Waals surface area contributed by atoms with Crippen LogP contribution in [0.15, 0.2) is 0 Å². The number of hydrogen-bond acceptors (Lipinski definition) is 3. The molecule has 0 aromatic rings. The van der Waals surface area contributed by atoms with Gasteiger partial charge in [-0.3, -0.25) is 4.79 Å². The largest absolute Gasteiger partial charge is 0.394 e. The normalized spacial score (nSPS) is 22.3. The molecular weight excluding hydrogens is 168 g/mol. The average Bonchev–Trinajstić information content (AvgIpc) is 2.61. The summed E-state index contributed by atoms with van der Waals surface area (Å²) >= 11 is 0. The summed E-state index contributed by atoms with van der Waals surface area (Å²) < 4.78 is 0. The van der Waals surface area contributed by atoms with E-state index in [4.69, 9.17) is 10.8 Å². The number of aliphatic hydroxyl groups excluding tert-OH is 1. The zero-order chi connectivity index (χ0) is 9.68. The van der Waals surface area contributed by atoms with E-state index in [1.54, 1.807) is 4.90 Å². The van der Waals surface area contributed by atoms with Crippen LogP contribution >= 0.6 is 0 Å². The van der Waals surface area contributed by atoms with E-state index in [2.05, 4.69) is 0 Å². The predicted molar refractivity (Wildman–Crippen MR) is 50.1 cm³/mol. The molecule has 0 unspecified atom stereocenters. The minimum absolute atomic E-state index is 0.0604. The molecule has 1 heterocycles. The number of carbonyl (C=O) groups excluding carboxylic acids is 1. The molecule has 1 fully saturated rings. The van der Waals surface area contributed by atoms with Crippen molar-refractivity contribution >= 4 is 5.91 Å². The Kier molecular flexibility index (Phi) is 4.18. The molecule has 4 nitrogen and oxygen atoms in total. The monoisotopic (exact) mass is 186 g/mol. The quantitative estimate of drug-likeness (QED) is 0.634. The molecule has 3 N–H and O–H groups in total. The van der Waals surface area contributed by atoms with Gasteiger partial charge in [0.05, 0.1) is 12.6 Å². The maximum absolute atomic E-state index is 11.5. The summed E-state index contributed by atoms with van der Waals surface area (Å²) in [6.45, 7) is 1.45. The number of aliphatic hydroxyl groups is 1. The van der Waals surface area contributed by atoms with Crippen LogP contribution in [0.4, 0.5) is 0 Å². The third-order valence-corrected chi connectivity index (χ3v) is 2.50. The first-order valence-corrected chi connectivity index (χ1v) is 4.90. The van der Waals surface area contributed by atoms with E-state index in [1.807, 2.05) is 0 Å². The molecule has 4 heteroatoms. The second-order valence-electron chi connectivity index (χ2n) is 3.46. The molecule has 0 spiro atoms. The highest BCUT2D eigenvalue weighted by molar-refractivity contribution is 5.76. The summed E-state index contributed by atoms with van der Waals surface area (Å²) in [6.07, 6.45) is 3.21. The molecule has 0 saturated carbocycles. The van der Waals surface area contributed by atoms with Crippen LogP contribution in [0.2, 0.25) is 0 Å². The molecule has 1 amide bonds. The summed E-state index contributed by atoms with van der Waals surface area (Å²) in [5.41, 5.74) is 5.32. The van der Waals surface area contributed by atoms with Crippen molar-refractivity contribution < 1.29 is 9.90 Å². The van der Waals surface area contributed by atoms with E-state index in [1.165, 1.54) is 0 Å². The van der Waals surface area contributed by atoms with E-state index in [0.717, 1.165) is 25.8 Å². The van der Waals surface area contributed by atoms with E-state index >= 15 is 0 Å². The lowest BCUT2D eigenvalue weighted by Crippen LogP contribution is -2.37. The van der Waals surface area contributed by atoms with Gasteiger partial charge in [0.15, 0.2) is 0 Å². The van der Waals surface area contributed by atoms with Crippen LogP contribution in [0.1, 0.15) is 25.7 Å². The minimum atomic E-state index is 0.0604. The van der Waals surface area contributed by atoms with E-state index < -0.39 is 0 Å². The average molecular weight is 186 g/mol. The Morgan fingerprint density at radius 3 is 3.00 bits per heavy atom. The Morgan fingerprint density at radius 1 is 1.62 bits per heavy atom. The van der Waals surface area contributed by atoms with Crippen molar-refractivity contribution in [2.24, 2.45) is 5.73 Å². The zero-order valence-electron chi connectivity index (χ0n) is 7.91. The number of amides is 1. The van der Waals surface area contributed by atoms with Gasteiger partial charge in [0.1, 0.15) is 0 Å². The van der Waals surface area contributed by atoms with Crippen molar-refractivity contribution in [2.45, 2.75) is 31.7 Å². The Balaban J connectivity index is 2.36. The third-order valence-electron chi connectivity index (χ3n) is 2.50. The number of carbonyl (C=O) groups is 1. The van der Waals surface area contributed by atoms with Gasteiger partial charge in [-0.15, -0.1) is 0 Å². The highest BCUT2D eigenvalue weighted by atomic mass is 16.3. The second kappa shape index (κ2) is 5.19. The lowest BCUT2D eigenvalue weighted by molar-refractivity contribution is -0.132. The van der Waals surface area contributed by atoms with Gasteiger partial charge < -0.3 is 15.7 Å². The Bertz CT molecular complexity index is 173. The second-order valence-corrected chi connectivity index (χ2v) is 3.46. The molecule has 13 heavy (non-hydrogen) atoms.